The van der Waals surface area contributed by atoms with E-state index in [2.05, 4.69) is 14.8 Å². The molecule has 2 heterocycles. The van der Waals surface area contributed by atoms with Crippen LogP contribution in [0.2, 0.25) is 0 Å². The lowest BCUT2D eigenvalue weighted by molar-refractivity contribution is -0.0271. The first-order valence-electron chi connectivity index (χ1n) is 10.7. The monoisotopic (exact) mass is 384 g/mol. The highest BCUT2D eigenvalue weighted by Crippen LogP contribution is 2.29. The highest BCUT2D eigenvalue weighted by atomic mass is 16.3. The molecule has 6 nitrogen and oxygen atoms in total. The van der Waals surface area contributed by atoms with Gasteiger partial charge in [-0.1, -0.05) is 19.3 Å². The molecule has 1 aromatic heterocycles. The van der Waals surface area contributed by atoms with Crippen LogP contribution in [0.25, 0.3) is 10.9 Å². The average molecular weight is 385 g/mol. The molecule has 1 aliphatic carbocycles. The zero-order valence-corrected chi connectivity index (χ0v) is 17.1. The zero-order valence-electron chi connectivity index (χ0n) is 17.1. The van der Waals surface area contributed by atoms with Crippen molar-refractivity contribution in [3.63, 3.8) is 0 Å². The fourth-order valence-corrected chi connectivity index (χ4v) is 4.64. The van der Waals surface area contributed by atoms with E-state index in [0.29, 0.717) is 5.39 Å². The molecule has 0 radical (unpaired) electrons. The molecule has 4 rings (SSSR count). The predicted molar refractivity (Wildman–Crippen MR) is 113 cm³/mol. The Morgan fingerprint density at radius 3 is 2.50 bits per heavy atom. The minimum Gasteiger partial charge on any atom is -0.389 e. The minimum absolute atomic E-state index is 0.0251. The van der Waals surface area contributed by atoms with Crippen molar-refractivity contribution in [3.05, 3.63) is 34.9 Å². The second-order valence-electron chi connectivity index (χ2n) is 8.80. The van der Waals surface area contributed by atoms with Crippen molar-refractivity contribution in [1.82, 2.24) is 14.5 Å². The van der Waals surface area contributed by atoms with Crippen LogP contribution in [0.5, 0.6) is 0 Å². The number of anilines is 1. The minimum atomic E-state index is -0.483. The molecule has 2 aliphatic rings. The van der Waals surface area contributed by atoms with Gasteiger partial charge in [0.1, 0.15) is 0 Å². The second kappa shape index (κ2) is 7.84. The molecule has 152 valence electrons. The van der Waals surface area contributed by atoms with Gasteiger partial charge in [-0.05, 0) is 44.9 Å². The van der Waals surface area contributed by atoms with Crippen molar-refractivity contribution in [3.8, 4) is 0 Å². The van der Waals surface area contributed by atoms with Gasteiger partial charge in [0.25, 0.3) is 5.56 Å². The Morgan fingerprint density at radius 1 is 1.11 bits per heavy atom. The van der Waals surface area contributed by atoms with Crippen molar-refractivity contribution < 1.29 is 5.11 Å². The number of rotatable bonds is 4. The Labute approximate surface area is 166 Å². The Hall–Kier alpha value is -1.92. The van der Waals surface area contributed by atoms with Crippen molar-refractivity contribution >= 4 is 16.6 Å². The molecule has 0 bridgehead atoms. The van der Waals surface area contributed by atoms with Gasteiger partial charge in [0, 0.05) is 44.5 Å². The molecule has 1 saturated heterocycles. The molecule has 0 unspecified atom stereocenters. The van der Waals surface area contributed by atoms with Gasteiger partial charge in [-0.25, -0.2) is 4.98 Å². The van der Waals surface area contributed by atoms with Gasteiger partial charge in [-0.3, -0.25) is 14.3 Å². The van der Waals surface area contributed by atoms with E-state index in [4.69, 9.17) is 0 Å². The van der Waals surface area contributed by atoms with Gasteiger partial charge < -0.3 is 10.0 Å². The summed E-state index contributed by atoms with van der Waals surface area (Å²) in [5.41, 5.74) is 1.43. The summed E-state index contributed by atoms with van der Waals surface area (Å²) in [6.45, 7) is 8.58. The van der Waals surface area contributed by atoms with E-state index in [0.717, 1.165) is 69.6 Å². The lowest BCUT2D eigenvalue weighted by Gasteiger charge is -2.41. The lowest BCUT2D eigenvalue weighted by atomic mass is 9.84. The van der Waals surface area contributed by atoms with Crippen molar-refractivity contribution in [2.75, 3.05) is 37.6 Å². The third-order valence-electron chi connectivity index (χ3n) is 6.36. The third-order valence-corrected chi connectivity index (χ3v) is 6.36. The number of β-amino-alcohol motifs (C(OH)–C–C–N with tert-alkyl or cyclic N) is 1. The maximum Gasteiger partial charge on any atom is 0.261 e. The third kappa shape index (κ3) is 3.94. The van der Waals surface area contributed by atoms with Crippen LogP contribution in [-0.4, -0.2) is 57.9 Å². The summed E-state index contributed by atoms with van der Waals surface area (Å²) in [4.78, 5) is 21.9. The van der Waals surface area contributed by atoms with Gasteiger partial charge in [0.15, 0.2) is 0 Å². The van der Waals surface area contributed by atoms with E-state index < -0.39 is 5.60 Å². The Balaban J connectivity index is 1.43. The molecule has 1 N–H and O–H groups in total. The Morgan fingerprint density at radius 2 is 1.82 bits per heavy atom. The number of hydrogen-bond acceptors (Lipinski definition) is 5. The molecular formula is C22H32N4O2. The summed E-state index contributed by atoms with van der Waals surface area (Å²) in [7, 11) is 0. The van der Waals surface area contributed by atoms with Crippen LogP contribution in [0.15, 0.2) is 29.3 Å². The summed E-state index contributed by atoms with van der Waals surface area (Å²) in [5.74, 6) is 0. The Bertz CT molecular complexity index is 878. The van der Waals surface area contributed by atoms with Crippen LogP contribution in [0.3, 0.4) is 0 Å². The second-order valence-corrected chi connectivity index (χ2v) is 8.80. The number of fused-ring (bicyclic) bond motifs is 1. The van der Waals surface area contributed by atoms with E-state index >= 15 is 0 Å². The first-order valence-corrected chi connectivity index (χ1v) is 10.7. The SMILES string of the molecule is CC(C)n1cnc2cc(N3CCN(CC4(O)CCCCC4)CC3)ccc2c1=O. The molecule has 0 atom stereocenters. The summed E-state index contributed by atoms with van der Waals surface area (Å²) < 4.78 is 1.68. The topological polar surface area (TPSA) is 61.6 Å². The fraction of sp³-hybridized carbons (Fsp3) is 0.636. The largest absolute Gasteiger partial charge is 0.389 e. The number of nitrogens with zero attached hydrogens (tertiary/aromatic N) is 4. The van der Waals surface area contributed by atoms with Crippen LogP contribution in [0.4, 0.5) is 5.69 Å². The fourth-order valence-electron chi connectivity index (χ4n) is 4.64. The van der Waals surface area contributed by atoms with Crippen LogP contribution in [-0.2, 0) is 0 Å². The van der Waals surface area contributed by atoms with E-state index in [1.807, 2.05) is 32.0 Å². The first kappa shape index (κ1) is 19.4. The summed E-state index contributed by atoms with van der Waals surface area (Å²) in [5, 5.41) is 11.5. The van der Waals surface area contributed by atoms with Crippen molar-refractivity contribution in [1.29, 1.82) is 0 Å². The average Bonchev–Trinajstić information content (AvgIpc) is 2.68. The molecule has 2 fully saturated rings. The van der Waals surface area contributed by atoms with Gasteiger partial charge >= 0.3 is 0 Å². The van der Waals surface area contributed by atoms with Gasteiger partial charge in [0.05, 0.1) is 22.8 Å². The summed E-state index contributed by atoms with van der Waals surface area (Å²) >= 11 is 0. The highest BCUT2D eigenvalue weighted by molar-refractivity contribution is 5.81. The molecule has 0 amide bonds. The van der Waals surface area contributed by atoms with E-state index in [9.17, 15) is 9.90 Å². The van der Waals surface area contributed by atoms with Crippen LogP contribution in [0, 0.1) is 0 Å². The predicted octanol–water partition coefficient (Wildman–Crippen LogP) is 2.79. The smallest absolute Gasteiger partial charge is 0.261 e. The van der Waals surface area contributed by atoms with Crippen LogP contribution >= 0.6 is 0 Å². The maximum absolute atomic E-state index is 12.6. The number of benzene rings is 1. The maximum atomic E-state index is 12.6. The van der Waals surface area contributed by atoms with Crippen molar-refractivity contribution in [2.45, 2.75) is 57.6 Å². The standard InChI is InChI=1S/C22H32N4O2/c1-17(2)26-16-23-20-14-18(6-7-19(20)21(26)27)25-12-10-24(11-13-25)15-22(28)8-4-3-5-9-22/h6-7,14,16-17,28H,3-5,8-13,15H2,1-2H3. The highest BCUT2D eigenvalue weighted by Gasteiger charge is 2.32. The quantitative estimate of drug-likeness (QED) is 0.878. The zero-order chi connectivity index (χ0) is 19.7. The lowest BCUT2D eigenvalue weighted by Crippen LogP contribution is -2.52. The molecule has 6 heteroatoms. The molecular weight excluding hydrogens is 352 g/mol. The first-order chi connectivity index (χ1) is 13.5. The molecule has 0 spiro atoms. The van der Waals surface area contributed by atoms with Gasteiger partial charge in [0.2, 0.25) is 0 Å². The normalized spacial score (nSPS) is 20.8. The van der Waals surface area contributed by atoms with E-state index in [1.54, 1.807) is 10.9 Å². The molecule has 1 aliphatic heterocycles. The Kier molecular flexibility index (Phi) is 5.43. The molecule has 2 aromatic rings. The van der Waals surface area contributed by atoms with Crippen LogP contribution in [0.1, 0.15) is 52.0 Å². The van der Waals surface area contributed by atoms with E-state index in [-0.39, 0.29) is 11.6 Å². The van der Waals surface area contributed by atoms with Gasteiger partial charge in [-0.15, -0.1) is 0 Å². The summed E-state index contributed by atoms with van der Waals surface area (Å²) in [6.07, 6.45) is 7.10. The van der Waals surface area contributed by atoms with Crippen LogP contribution < -0.4 is 10.5 Å². The van der Waals surface area contributed by atoms with E-state index in [1.165, 1.54) is 6.42 Å². The van der Waals surface area contributed by atoms with Crippen molar-refractivity contribution in [2.24, 2.45) is 0 Å². The number of aromatic nitrogens is 2. The van der Waals surface area contributed by atoms with Gasteiger partial charge in [-0.2, -0.15) is 0 Å². The number of aliphatic hydroxyl groups is 1. The number of hydrogen-bond donors (Lipinski definition) is 1. The molecule has 28 heavy (non-hydrogen) atoms. The molecule has 1 aromatic carbocycles. The summed E-state index contributed by atoms with van der Waals surface area (Å²) in [6, 6.07) is 6.10. The number of piperazine rings is 1. The molecule has 1 saturated carbocycles.